The van der Waals surface area contributed by atoms with Crippen molar-refractivity contribution >= 4 is 0 Å². The van der Waals surface area contributed by atoms with Crippen LogP contribution >= 0.6 is 0 Å². The van der Waals surface area contributed by atoms with Gasteiger partial charge >= 0.3 is 6.18 Å². The third kappa shape index (κ3) is 2.89. The van der Waals surface area contributed by atoms with Crippen LogP contribution in [0.1, 0.15) is 23.6 Å². The van der Waals surface area contributed by atoms with Crippen LogP contribution in [0.4, 0.5) is 22.0 Å². The first-order valence-corrected chi connectivity index (χ1v) is 4.02. The van der Waals surface area contributed by atoms with Crippen molar-refractivity contribution in [2.45, 2.75) is 18.6 Å². The predicted molar refractivity (Wildman–Crippen MR) is 44.4 cm³/mol. The Morgan fingerprint density at radius 2 is 1.33 bits per heavy atom. The van der Waals surface area contributed by atoms with Crippen molar-refractivity contribution in [2.24, 2.45) is 5.73 Å². The molecule has 0 radical (unpaired) electrons. The van der Waals surface area contributed by atoms with Crippen LogP contribution in [0.2, 0.25) is 0 Å². The van der Waals surface area contributed by atoms with E-state index < -0.39 is 18.6 Å². The molecule has 0 aliphatic carbocycles. The van der Waals surface area contributed by atoms with Gasteiger partial charge in [-0.2, -0.15) is 13.2 Å². The summed E-state index contributed by atoms with van der Waals surface area (Å²) in [7, 11) is 0. The first kappa shape index (κ1) is 11.9. The minimum atomic E-state index is -4.56. The SMILES string of the molecule is NC(c1ccc(C(F)F)cc1)C(F)(F)F. The molecule has 0 saturated heterocycles. The summed E-state index contributed by atoms with van der Waals surface area (Å²) in [5.41, 5.74) is 4.33. The van der Waals surface area contributed by atoms with Gasteiger partial charge in [0.2, 0.25) is 0 Å². The van der Waals surface area contributed by atoms with Crippen LogP contribution in [0.3, 0.4) is 0 Å². The summed E-state index contributed by atoms with van der Waals surface area (Å²) in [6.45, 7) is 0. The third-order valence-corrected chi connectivity index (χ3v) is 1.90. The van der Waals surface area contributed by atoms with E-state index in [0.29, 0.717) is 0 Å². The third-order valence-electron chi connectivity index (χ3n) is 1.90. The molecular formula is C9H8F5N. The lowest BCUT2D eigenvalue weighted by Crippen LogP contribution is -2.28. The maximum Gasteiger partial charge on any atom is 0.407 e. The van der Waals surface area contributed by atoms with Crippen molar-refractivity contribution in [3.63, 3.8) is 0 Å². The maximum absolute atomic E-state index is 12.1. The van der Waals surface area contributed by atoms with Gasteiger partial charge in [0.1, 0.15) is 6.04 Å². The molecule has 1 aromatic carbocycles. The topological polar surface area (TPSA) is 26.0 Å². The molecule has 0 aliphatic rings. The van der Waals surface area contributed by atoms with Crippen molar-refractivity contribution < 1.29 is 22.0 Å². The highest BCUT2D eigenvalue weighted by molar-refractivity contribution is 5.26. The van der Waals surface area contributed by atoms with Crippen molar-refractivity contribution in [3.05, 3.63) is 35.4 Å². The predicted octanol–water partition coefficient (Wildman–Crippen LogP) is 3.19. The van der Waals surface area contributed by atoms with E-state index in [2.05, 4.69) is 0 Å². The zero-order valence-corrected chi connectivity index (χ0v) is 7.43. The number of nitrogens with two attached hydrogens (primary N) is 1. The van der Waals surface area contributed by atoms with Gasteiger partial charge in [0.15, 0.2) is 0 Å². The van der Waals surface area contributed by atoms with E-state index in [9.17, 15) is 22.0 Å². The van der Waals surface area contributed by atoms with Gasteiger partial charge in [-0.15, -0.1) is 0 Å². The molecule has 0 saturated carbocycles. The van der Waals surface area contributed by atoms with Crippen molar-refractivity contribution in [3.8, 4) is 0 Å². The molecule has 84 valence electrons. The first-order chi connectivity index (χ1) is 6.82. The van der Waals surface area contributed by atoms with E-state index in [1.54, 1.807) is 0 Å². The molecule has 1 unspecified atom stereocenters. The van der Waals surface area contributed by atoms with Crippen LogP contribution in [0.15, 0.2) is 24.3 Å². The number of alkyl halides is 5. The fraction of sp³-hybridized carbons (Fsp3) is 0.333. The molecule has 0 aliphatic heterocycles. The molecule has 0 amide bonds. The fourth-order valence-electron chi connectivity index (χ4n) is 1.04. The summed E-state index contributed by atoms with van der Waals surface area (Å²) in [4.78, 5) is 0. The highest BCUT2D eigenvalue weighted by Gasteiger charge is 2.37. The van der Waals surface area contributed by atoms with Gasteiger partial charge in [-0.05, 0) is 5.56 Å². The standard InChI is InChI=1S/C9H8F5N/c10-8(11)6-3-1-5(2-4-6)7(15)9(12,13)14/h1-4,7-8H,15H2. The second kappa shape index (κ2) is 4.14. The second-order valence-electron chi connectivity index (χ2n) is 2.99. The van der Waals surface area contributed by atoms with Crippen molar-refractivity contribution in [1.29, 1.82) is 0 Å². The Morgan fingerprint density at radius 1 is 0.933 bits per heavy atom. The van der Waals surface area contributed by atoms with Gasteiger partial charge in [0, 0.05) is 5.56 Å². The zero-order valence-electron chi connectivity index (χ0n) is 7.43. The summed E-state index contributed by atoms with van der Waals surface area (Å²) >= 11 is 0. The van der Waals surface area contributed by atoms with Crippen LogP contribution in [-0.2, 0) is 0 Å². The lowest BCUT2D eigenvalue weighted by Gasteiger charge is -2.15. The first-order valence-electron chi connectivity index (χ1n) is 4.02. The van der Waals surface area contributed by atoms with Gasteiger partial charge in [-0.1, -0.05) is 24.3 Å². The molecule has 1 nitrogen and oxygen atoms in total. The monoisotopic (exact) mass is 225 g/mol. The number of hydrogen-bond donors (Lipinski definition) is 1. The molecular weight excluding hydrogens is 217 g/mol. The van der Waals surface area contributed by atoms with Gasteiger partial charge in [0.05, 0.1) is 0 Å². The Balaban J connectivity index is 2.89. The van der Waals surface area contributed by atoms with Gasteiger partial charge in [-0.25, -0.2) is 8.78 Å². The molecule has 6 heteroatoms. The molecule has 0 aromatic heterocycles. The average molecular weight is 225 g/mol. The van der Waals surface area contributed by atoms with Crippen molar-refractivity contribution in [1.82, 2.24) is 0 Å². The smallest absolute Gasteiger partial charge is 0.316 e. The van der Waals surface area contributed by atoms with Crippen LogP contribution in [0, 0.1) is 0 Å². The molecule has 1 atom stereocenters. The van der Waals surface area contributed by atoms with Crippen molar-refractivity contribution in [2.75, 3.05) is 0 Å². The number of benzene rings is 1. The van der Waals surface area contributed by atoms with Crippen LogP contribution < -0.4 is 5.73 Å². The van der Waals surface area contributed by atoms with Gasteiger partial charge in [0.25, 0.3) is 6.43 Å². The van der Waals surface area contributed by atoms with E-state index in [1.807, 2.05) is 0 Å². The van der Waals surface area contributed by atoms with Crippen LogP contribution in [0.25, 0.3) is 0 Å². The molecule has 2 N–H and O–H groups in total. The van der Waals surface area contributed by atoms with Gasteiger partial charge in [-0.3, -0.25) is 0 Å². The minimum Gasteiger partial charge on any atom is -0.316 e. The molecule has 15 heavy (non-hydrogen) atoms. The van der Waals surface area contributed by atoms with Crippen LogP contribution in [-0.4, -0.2) is 6.18 Å². The number of rotatable bonds is 2. The normalized spacial score (nSPS) is 14.3. The lowest BCUT2D eigenvalue weighted by molar-refractivity contribution is -0.149. The Labute approximate surface area is 82.7 Å². The average Bonchev–Trinajstić information content (AvgIpc) is 2.15. The molecule has 0 heterocycles. The minimum absolute atomic E-state index is 0.230. The highest BCUT2D eigenvalue weighted by atomic mass is 19.4. The second-order valence-corrected chi connectivity index (χ2v) is 2.99. The van der Waals surface area contributed by atoms with Crippen LogP contribution in [0.5, 0.6) is 0 Å². The summed E-state index contributed by atoms with van der Waals surface area (Å²) in [5.74, 6) is 0. The zero-order chi connectivity index (χ0) is 11.6. The van der Waals surface area contributed by atoms with E-state index in [4.69, 9.17) is 5.73 Å². The lowest BCUT2D eigenvalue weighted by atomic mass is 10.1. The molecule has 0 spiro atoms. The van der Waals surface area contributed by atoms with E-state index >= 15 is 0 Å². The number of halogens is 5. The summed E-state index contributed by atoms with van der Waals surface area (Å²) in [5, 5.41) is 0. The largest absolute Gasteiger partial charge is 0.407 e. The quantitative estimate of drug-likeness (QED) is 0.768. The Morgan fingerprint density at radius 3 is 1.67 bits per heavy atom. The Bertz CT molecular complexity index is 316. The summed E-state index contributed by atoms with van der Waals surface area (Å²) in [6, 6.07) is 1.65. The maximum atomic E-state index is 12.1. The van der Waals surface area contributed by atoms with E-state index in [0.717, 1.165) is 24.3 Å². The number of hydrogen-bond acceptors (Lipinski definition) is 1. The Hall–Kier alpha value is -1.17. The molecule has 1 rings (SSSR count). The molecule has 0 fully saturated rings. The van der Waals surface area contributed by atoms with E-state index in [1.165, 1.54) is 0 Å². The Kier molecular flexibility index (Phi) is 3.28. The highest BCUT2D eigenvalue weighted by Crippen LogP contribution is 2.31. The van der Waals surface area contributed by atoms with E-state index in [-0.39, 0.29) is 11.1 Å². The molecule has 0 bridgehead atoms. The molecule has 1 aromatic rings. The fourth-order valence-corrected chi connectivity index (χ4v) is 1.04. The summed E-state index contributed by atoms with van der Waals surface area (Å²) in [6.07, 6.45) is -7.26. The summed E-state index contributed by atoms with van der Waals surface area (Å²) < 4.78 is 60.5. The van der Waals surface area contributed by atoms with Gasteiger partial charge < -0.3 is 5.73 Å².